The Morgan fingerprint density at radius 3 is 2.65 bits per heavy atom. The Kier molecular flexibility index (Phi) is 4.98. The van der Waals surface area contributed by atoms with Gasteiger partial charge in [0.1, 0.15) is 5.82 Å². The second kappa shape index (κ2) is 7.15. The molecular weight excluding hydrogens is 290 g/mol. The molecule has 1 aromatic heterocycles. The van der Waals surface area contributed by atoms with Crippen molar-refractivity contribution in [2.75, 3.05) is 42.5 Å². The molecule has 3 rings (SSSR count). The Hall–Kier alpha value is -1.85. The summed E-state index contributed by atoms with van der Waals surface area (Å²) in [5, 5.41) is 0. The molecule has 2 saturated heterocycles. The largest absolute Gasteiger partial charge is 0.353 e. The smallest absolute Gasteiger partial charge is 0.227 e. The highest BCUT2D eigenvalue weighted by atomic mass is 16.1. The van der Waals surface area contributed by atoms with Crippen molar-refractivity contribution in [3.63, 3.8) is 0 Å². The number of carbonyl (C=O) groups is 1. The van der Waals surface area contributed by atoms with Crippen molar-refractivity contribution < 1.29 is 4.79 Å². The number of rotatable bonds is 4. The van der Waals surface area contributed by atoms with Crippen LogP contribution in [0.15, 0.2) is 6.07 Å². The van der Waals surface area contributed by atoms with E-state index >= 15 is 0 Å². The number of aromatic nitrogens is 2. The van der Waals surface area contributed by atoms with E-state index in [1.54, 1.807) is 0 Å². The Bertz CT molecular complexity index is 542. The fraction of sp³-hybridized carbons (Fsp3) is 0.706. The molecule has 3 heterocycles. The highest BCUT2D eigenvalue weighted by Gasteiger charge is 2.24. The van der Waals surface area contributed by atoms with Gasteiger partial charge in [-0.25, -0.2) is 4.98 Å². The van der Waals surface area contributed by atoms with Gasteiger partial charge in [0.2, 0.25) is 12.4 Å². The van der Waals surface area contributed by atoms with Crippen LogP contribution in [0.3, 0.4) is 0 Å². The quantitative estimate of drug-likeness (QED) is 0.793. The predicted octanol–water partition coefficient (Wildman–Crippen LogP) is 1.83. The molecule has 6 nitrogen and oxygen atoms in total. The van der Waals surface area contributed by atoms with Gasteiger partial charge in [-0.05, 0) is 32.6 Å². The summed E-state index contributed by atoms with van der Waals surface area (Å²) in [6.07, 6.45) is 5.91. The third-order valence-electron chi connectivity index (χ3n) is 4.97. The summed E-state index contributed by atoms with van der Waals surface area (Å²) in [4.78, 5) is 26.8. The van der Waals surface area contributed by atoms with E-state index in [1.165, 1.54) is 19.3 Å². The summed E-state index contributed by atoms with van der Waals surface area (Å²) in [7, 11) is 0. The molecule has 2 aliphatic rings. The Morgan fingerprint density at radius 1 is 1.17 bits per heavy atom. The normalized spacial score (nSPS) is 22.3. The molecule has 2 fully saturated rings. The maximum atomic E-state index is 10.9. The van der Waals surface area contributed by atoms with Gasteiger partial charge in [0.05, 0.1) is 0 Å². The summed E-state index contributed by atoms with van der Waals surface area (Å²) in [5.41, 5.74) is 1.02. The molecule has 0 bridgehead atoms. The van der Waals surface area contributed by atoms with Gasteiger partial charge in [-0.3, -0.25) is 4.79 Å². The van der Waals surface area contributed by atoms with Crippen LogP contribution in [0.5, 0.6) is 0 Å². The van der Waals surface area contributed by atoms with Gasteiger partial charge in [0.25, 0.3) is 0 Å². The lowest BCUT2D eigenvalue weighted by atomic mass is 10.00. The predicted molar refractivity (Wildman–Crippen MR) is 91.9 cm³/mol. The van der Waals surface area contributed by atoms with Gasteiger partial charge in [0, 0.05) is 50.5 Å². The van der Waals surface area contributed by atoms with Crippen LogP contribution in [0.2, 0.25) is 0 Å². The van der Waals surface area contributed by atoms with E-state index in [-0.39, 0.29) is 0 Å². The third kappa shape index (κ3) is 3.57. The standard InChI is InChI=1S/C17H27N5O/c1-3-15-6-4-5-7-22(15)16-12-14(2)18-17(19-16)21-10-8-20(13-23)9-11-21/h12-13,15H,3-11H2,1-2H3. The average molecular weight is 317 g/mol. The first-order chi connectivity index (χ1) is 11.2. The van der Waals surface area contributed by atoms with E-state index in [9.17, 15) is 4.79 Å². The van der Waals surface area contributed by atoms with Gasteiger partial charge in [-0.1, -0.05) is 6.92 Å². The van der Waals surface area contributed by atoms with Gasteiger partial charge >= 0.3 is 0 Å². The average Bonchev–Trinajstić information content (AvgIpc) is 2.61. The van der Waals surface area contributed by atoms with Crippen LogP contribution in [0.1, 0.15) is 38.3 Å². The lowest BCUT2D eigenvalue weighted by Crippen LogP contribution is -2.46. The maximum absolute atomic E-state index is 10.9. The summed E-state index contributed by atoms with van der Waals surface area (Å²) >= 11 is 0. The lowest BCUT2D eigenvalue weighted by Gasteiger charge is -2.37. The summed E-state index contributed by atoms with van der Waals surface area (Å²) < 4.78 is 0. The Balaban J connectivity index is 1.80. The van der Waals surface area contributed by atoms with Gasteiger partial charge in [-0.2, -0.15) is 4.98 Å². The van der Waals surface area contributed by atoms with Crippen molar-refractivity contribution in [1.29, 1.82) is 0 Å². The fourth-order valence-electron chi connectivity index (χ4n) is 3.58. The zero-order valence-corrected chi connectivity index (χ0v) is 14.2. The number of piperidine rings is 1. The second-order valence-corrected chi connectivity index (χ2v) is 6.55. The van der Waals surface area contributed by atoms with Crippen molar-refractivity contribution in [1.82, 2.24) is 14.9 Å². The monoisotopic (exact) mass is 317 g/mol. The number of hydrogen-bond donors (Lipinski definition) is 0. The molecule has 0 aromatic carbocycles. The summed E-state index contributed by atoms with van der Waals surface area (Å²) in [5.74, 6) is 1.88. The fourth-order valence-corrected chi connectivity index (χ4v) is 3.58. The van der Waals surface area contributed by atoms with Crippen molar-refractivity contribution in [2.24, 2.45) is 0 Å². The van der Waals surface area contributed by atoms with Gasteiger partial charge in [0.15, 0.2) is 0 Å². The first-order valence-electron chi connectivity index (χ1n) is 8.78. The Morgan fingerprint density at radius 2 is 1.96 bits per heavy atom. The third-order valence-corrected chi connectivity index (χ3v) is 4.97. The highest BCUT2D eigenvalue weighted by molar-refractivity contribution is 5.50. The first kappa shape index (κ1) is 16.0. The molecule has 1 aromatic rings. The van der Waals surface area contributed by atoms with Gasteiger partial charge < -0.3 is 14.7 Å². The Labute approximate surface area is 138 Å². The van der Waals surface area contributed by atoms with Crippen molar-refractivity contribution in [3.8, 4) is 0 Å². The van der Waals surface area contributed by atoms with Crippen LogP contribution in [-0.4, -0.2) is 60.0 Å². The number of aryl methyl sites for hydroxylation is 1. The van der Waals surface area contributed by atoms with E-state index < -0.39 is 0 Å². The first-order valence-corrected chi connectivity index (χ1v) is 8.78. The zero-order chi connectivity index (χ0) is 16.2. The molecule has 0 spiro atoms. The van der Waals surface area contributed by atoms with Crippen LogP contribution < -0.4 is 9.80 Å². The van der Waals surface area contributed by atoms with Crippen molar-refractivity contribution >= 4 is 18.2 Å². The molecule has 126 valence electrons. The number of hydrogen-bond acceptors (Lipinski definition) is 5. The van der Waals surface area contributed by atoms with E-state index in [0.29, 0.717) is 6.04 Å². The SMILES string of the molecule is CCC1CCCCN1c1cc(C)nc(N2CCN(C=O)CC2)n1. The minimum Gasteiger partial charge on any atom is -0.353 e. The minimum absolute atomic E-state index is 0.595. The minimum atomic E-state index is 0.595. The highest BCUT2D eigenvalue weighted by Crippen LogP contribution is 2.27. The molecule has 1 unspecified atom stereocenters. The second-order valence-electron chi connectivity index (χ2n) is 6.55. The van der Waals surface area contributed by atoms with Crippen LogP contribution >= 0.6 is 0 Å². The van der Waals surface area contributed by atoms with Gasteiger partial charge in [-0.15, -0.1) is 0 Å². The van der Waals surface area contributed by atoms with E-state index in [4.69, 9.17) is 4.98 Å². The molecule has 6 heteroatoms. The molecule has 0 N–H and O–H groups in total. The van der Waals surface area contributed by atoms with E-state index in [2.05, 4.69) is 27.8 Å². The maximum Gasteiger partial charge on any atom is 0.227 e. The van der Waals surface area contributed by atoms with E-state index in [1.807, 2.05) is 11.8 Å². The molecule has 1 atom stereocenters. The number of amides is 1. The molecule has 0 radical (unpaired) electrons. The molecule has 1 amide bonds. The number of piperazine rings is 1. The van der Waals surface area contributed by atoms with Crippen molar-refractivity contribution in [2.45, 2.75) is 45.6 Å². The molecule has 0 aliphatic carbocycles. The van der Waals surface area contributed by atoms with E-state index in [0.717, 1.165) is 63.0 Å². The van der Waals surface area contributed by atoms with Crippen LogP contribution in [0, 0.1) is 6.92 Å². The van der Waals surface area contributed by atoms with Crippen LogP contribution in [0.4, 0.5) is 11.8 Å². The van der Waals surface area contributed by atoms with Crippen molar-refractivity contribution in [3.05, 3.63) is 11.8 Å². The lowest BCUT2D eigenvalue weighted by molar-refractivity contribution is -0.118. The molecular formula is C17H27N5O. The number of nitrogens with zero attached hydrogens (tertiary/aromatic N) is 5. The number of carbonyl (C=O) groups excluding carboxylic acids is 1. The van der Waals surface area contributed by atoms with Crippen LogP contribution in [-0.2, 0) is 4.79 Å². The molecule has 0 saturated carbocycles. The zero-order valence-electron chi connectivity index (χ0n) is 14.2. The summed E-state index contributed by atoms with van der Waals surface area (Å²) in [6.45, 7) is 8.50. The van der Waals surface area contributed by atoms with Crippen LogP contribution in [0.25, 0.3) is 0 Å². The molecule has 23 heavy (non-hydrogen) atoms. The summed E-state index contributed by atoms with van der Waals surface area (Å²) in [6, 6.07) is 2.71. The molecule has 2 aliphatic heterocycles. The topological polar surface area (TPSA) is 52.6 Å². The number of anilines is 2.